The Morgan fingerprint density at radius 2 is 1.59 bits per heavy atom. The predicted molar refractivity (Wildman–Crippen MR) is 104 cm³/mol. The quantitative estimate of drug-likeness (QED) is 0.636. The van der Waals surface area contributed by atoms with Gasteiger partial charge in [-0.05, 0) is 0 Å². The van der Waals surface area contributed by atoms with Gasteiger partial charge >= 0.3 is 128 Å². The van der Waals surface area contributed by atoms with Crippen LogP contribution in [-0.2, 0) is 17.7 Å². The third-order valence-electron chi connectivity index (χ3n) is 4.95. The van der Waals surface area contributed by atoms with E-state index in [-0.39, 0.29) is 37.0 Å². The summed E-state index contributed by atoms with van der Waals surface area (Å²) in [5.41, 5.74) is 4.56. The molecule has 0 aromatic heterocycles. The maximum atomic E-state index is 9.71. The smallest absolute Gasteiger partial charge is 0.147 e. The zero-order valence-electron chi connectivity index (χ0n) is 15.5. The van der Waals surface area contributed by atoms with E-state index >= 15 is 0 Å². The molecule has 1 rings (SSSR count). The molecular weight excluding hydrogens is 412 g/mol. The average molecular weight is 448 g/mol. The van der Waals surface area contributed by atoms with Gasteiger partial charge in [0.25, 0.3) is 0 Å². The molecule has 0 heterocycles. The van der Waals surface area contributed by atoms with Crippen LogP contribution in [0, 0.1) is 5.92 Å². The van der Waals surface area contributed by atoms with Crippen LogP contribution >= 0.6 is 24.8 Å². The summed E-state index contributed by atoms with van der Waals surface area (Å²) in [5, 5.41) is 9.71. The SMILES string of the molecule is CC1=C(C)C(C)[C]([Zr]([CH3])(=[SiH2])([CH2]CO)[NH]C(C)(C)C)=C1C.Cl.Cl. The number of allylic oxidation sites excluding steroid dienone is 4. The molecule has 6 heteroatoms. The summed E-state index contributed by atoms with van der Waals surface area (Å²) in [4.78, 5) is 0. The van der Waals surface area contributed by atoms with Gasteiger partial charge in [-0.2, -0.15) is 0 Å². The van der Waals surface area contributed by atoms with E-state index in [0.717, 1.165) is 4.13 Å². The molecule has 22 heavy (non-hydrogen) atoms. The Labute approximate surface area is 152 Å². The van der Waals surface area contributed by atoms with Crippen LogP contribution in [0.15, 0.2) is 20.0 Å². The Morgan fingerprint density at radius 1 is 1.14 bits per heavy atom. The molecule has 0 aliphatic heterocycles. The summed E-state index contributed by atoms with van der Waals surface area (Å²) >= 11 is -3.32. The van der Waals surface area contributed by atoms with Crippen molar-refractivity contribution in [2.45, 2.75) is 62.8 Å². The molecule has 1 aliphatic carbocycles. The van der Waals surface area contributed by atoms with Gasteiger partial charge in [-0.25, -0.2) is 0 Å². The third-order valence-corrected chi connectivity index (χ3v) is 23.7. The van der Waals surface area contributed by atoms with E-state index in [1.165, 1.54) is 16.7 Å². The summed E-state index contributed by atoms with van der Waals surface area (Å²) in [5.74, 6) is 0.532. The fraction of sp³-hybridized carbons (Fsp3) is 0.750. The molecule has 0 fully saturated rings. The number of aliphatic hydroxyl groups excluding tert-OH is 1. The summed E-state index contributed by atoms with van der Waals surface area (Å²) in [7, 11) is 0. The monoisotopic (exact) mass is 445 g/mol. The molecule has 2 nitrogen and oxygen atoms in total. The van der Waals surface area contributed by atoms with Crippen LogP contribution in [0.1, 0.15) is 48.5 Å². The maximum absolute atomic E-state index is 9.71. The molecule has 1 unspecified atom stereocenters. The molecule has 0 radical (unpaired) electrons. The minimum Gasteiger partial charge on any atom is -0.147 e. The van der Waals surface area contributed by atoms with E-state index in [0.29, 0.717) is 5.92 Å². The number of rotatable bonds is 4. The normalized spacial score (nSPS) is 20.0. The Bertz CT molecular complexity index is 549. The first kappa shape index (κ1) is 25.3. The molecule has 132 valence electrons. The van der Waals surface area contributed by atoms with Crippen LogP contribution in [0.4, 0.5) is 0 Å². The van der Waals surface area contributed by atoms with Crippen LogP contribution in [-0.4, -0.2) is 24.1 Å². The van der Waals surface area contributed by atoms with Crippen molar-refractivity contribution in [2.24, 2.45) is 5.92 Å². The van der Waals surface area contributed by atoms with Crippen molar-refractivity contribution in [2.75, 3.05) is 6.61 Å². The predicted octanol–water partition coefficient (Wildman–Crippen LogP) is 4.09. The standard InChI is InChI=1S/C9H13.C4H10N.C2H5O.CH3.2ClH.H2Si.Zr/c1-6-5-7(2)9(4)8(6)3;1-4(2,3)5;1-2-3;;;;;/h6H,1-4H3;5H,1-3H3;3H,1-2H2;1H3;2*1H;1H2;/q;-1;;;;;;+1. The zero-order chi connectivity index (χ0) is 16.0. The Balaban J connectivity index is 0. The van der Waals surface area contributed by atoms with Crippen molar-refractivity contribution in [1.29, 1.82) is 0 Å². The van der Waals surface area contributed by atoms with Gasteiger partial charge in [-0.1, -0.05) is 0 Å². The molecule has 2 N–H and O–H groups in total. The van der Waals surface area contributed by atoms with Crippen molar-refractivity contribution in [3.63, 3.8) is 0 Å². The minimum atomic E-state index is -3.32. The summed E-state index contributed by atoms with van der Waals surface area (Å²) < 4.78 is 9.10. The third kappa shape index (κ3) is 5.04. The first-order chi connectivity index (χ1) is 8.82. The van der Waals surface area contributed by atoms with Crippen LogP contribution in [0.2, 0.25) is 8.76 Å². The molecule has 1 aliphatic rings. The van der Waals surface area contributed by atoms with E-state index in [1.807, 2.05) is 0 Å². The van der Waals surface area contributed by atoms with Crippen molar-refractivity contribution < 1.29 is 22.8 Å². The molecule has 1 atom stereocenters. The van der Waals surface area contributed by atoms with E-state index in [4.69, 9.17) is 0 Å². The molecule has 0 saturated carbocycles. The van der Waals surface area contributed by atoms with E-state index < -0.39 is 17.7 Å². The van der Waals surface area contributed by atoms with Crippen LogP contribution in [0.3, 0.4) is 0 Å². The van der Waals surface area contributed by atoms with E-state index in [2.05, 4.69) is 63.2 Å². The Kier molecular flexibility index (Phi) is 9.18. The van der Waals surface area contributed by atoms with Gasteiger partial charge in [0.2, 0.25) is 0 Å². The molecule has 0 aromatic carbocycles. The second-order valence-corrected chi connectivity index (χ2v) is 34.0. The van der Waals surface area contributed by atoms with Crippen molar-refractivity contribution in [1.82, 2.24) is 3.26 Å². The summed E-state index contributed by atoms with van der Waals surface area (Å²) in [6, 6.07) is 0. The van der Waals surface area contributed by atoms with Crippen molar-refractivity contribution in [3.8, 4) is 0 Å². The summed E-state index contributed by atoms with van der Waals surface area (Å²) in [6.07, 6.45) is 0. The van der Waals surface area contributed by atoms with E-state index in [1.54, 1.807) is 3.28 Å². The molecule has 0 amide bonds. The molecular formula is C16H35Cl2NOSiZr. The second kappa shape index (κ2) is 7.97. The van der Waals surface area contributed by atoms with Crippen LogP contribution < -0.4 is 3.26 Å². The number of hydrogen-bond donors (Lipinski definition) is 2. The number of halogens is 2. The van der Waals surface area contributed by atoms with Crippen LogP contribution in [0.5, 0.6) is 0 Å². The number of aliphatic hydroxyl groups is 1. The molecule has 0 saturated heterocycles. The fourth-order valence-corrected chi connectivity index (χ4v) is 26.6. The molecule has 0 spiro atoms. The van der Waals surface area contributed by atoms with Gasteiger partial charge in [0.15, 0.2) is 0 Å². The molecule has 0 aromatic rings. The van der Waals surface area contributed by atoms with E-state index in [9.17, 15) is 5.11 Å². The average Bonchev–Trinajstić information content (AvgIpc) is 2.40. The first-order valence-corrected chi connectivity index (χ1v) is 20.3. The summed E-state index contributed by atoms with van der Waals surface area (Å²) in [6.45, 7) is 18.4. The minimum absolute atomic E-state index is 0. The van der Waals surface area contributed by atoms with Gasteiger partial charge < -0.3 is 0 Å². The van der Waals surface area contributed by atoms with Crippen molar-refractivity contribution >= 4 is 31.7 Å². The van der Waals surface area contributed by atoms with Crippen molar-refractivity contribution in [3.05, 3.63) is 20.0 Å². The van der Waals surface area contributed by atoms with Gasteiger partial charge in [-0.15, -0.1) is 24.8 Å². The van der Waals surface area contributed by atoms with Gasteiger partial charge in [0.05, 0.1) is 0 Å². The Hall–Kier alpha value is 1.08. The topological polar surface area (TPSA) is 32.3 Å². The maximum Gasteiger partial charge on any atom is -0.147 e. The molecule has 0 bridgehead atoms. The van der Waals surface area contributed by atoms with Gasteiger partial charge in [0.1, 0.15) is 0 Å². The van der Waals surface area contributed by atoms with Gasteiger partial charge in [-0.3, -0.25) is 0 Å². The first-order valence-electron chi connectivity index (χ1n) is 7.68. The number of hydrogen-bond acceptors (Lipinski definition) is 2. The van der Waals surface area contributed by atoms with Crippen LogP contribution in [0.25, 0.3) is 0 Å². The second-order valence-electron chi connectivity index (χ2n) is 8.21. The zero-order valence-corrected chi connectivity index (χ0v) is 21.0. The largest absolute Gasteiger partial charge is 0.147 e. The Morgan fingerprint density at radius 3 is 1.86 bits per heavy atom. The fourth-order valence-electron chi connectivity index (χ4n) is 4.20. The number of nitrogens with one attached hydrogen (secondary N) is 1. The van der Waals surface area contributed by atoms with Gasteiger partial charge in [0, 0.05) is 0 Å².